The molecule has 0 fully saturated rings. The molecule has 0 bridgehead atoms. The number of hydrogen-bond donors (Lipinski definition) is 2. The number of ether oxygens (including phenoxy) is 1. The Hall–Kier alpha value is -3.32. The van der Waals surface area contributed by atoms with E-state index in [0.717, 1.165) is 33.7 Å². The van der Waals surface area contributed by atoms with Crippen LogP contribution in [0.3, 0.4) is 0 Å². The summed E-state index contributed by atoms with van der Waals surface area (Å²) in [6.45, 7) is 2.01. The van der Waals surface area contributed by atoms with Gasteiger partial charge in [-0.25, -0.2) is 4.98 Å². The predicted octanol–water partition coefficient (Wildman–Crippen LogP) is 5.90. The first-order chi connectivity index (χ1) is 14.0. The van der Waals surface area contributed by atoms with E-state index in [1.54, 1.807) is 19.2 Å². The Labute approximate surface area is 176 Å². The van der Waals surface area contributed by atoms with E-state index in [9.17, 15) is 4.79 Å². The lowest BCUT2D eigenvalue weighted by molar-refractivity contribution is 0.0995. The Morgan fingerprint density at radius 3 is 2.48 bits per heavy atom. The zero-order valence-corrected chi connectivity index (χ0v) is 17.4. The van der Waals surface area contributed by atoms with Crippen LogP contribution in [0.15, 0.2) is 69.8 Å². The average Bonchev–Trinajstić information content (AvgIpc) is 3.16. The van der Waals surface area contributed by atoms with Crippen LogP contribution in [0.2, 0.25) is 0 Å². The Bertz CT molecular complexity index is 1190. The van der Waals surface area contributed by atoms with Crippen molar-refractivity contribution in [2.45, 2.75) is 6.92 Å². The number of pyridine rings is 1. The van der Waals surface area contributed by atoms with Crippen molar-refractivity contribution in [2.75, 3.05) is 17.7 Å². The Morgan fingerprint density at radius 2 is 1.79 bits per heavy atom. The van der Waals surface area contributed by atoms with Crippen LogP contribution < -0.4 is 15.4 Å². The van der Waals surface area contributed by atoms with Crippen LogP contribution >= 0.6 is 15.9 Å². The quantitative estimate of drug-likeness (QED) is 0.394. The number of amides is 1. The number of aryl methyl sites for hydroxylation is 1. The molecule has 1 amide bonds. The lowest BCUT2D eigenvalue weighted by Gasteiger charge is -2.11. The summed E-state index contributed by atoms with van der Waals surface area (Å²) in [5, 5.41) is 7.11. The van der Waals surface area contributed by atoms with Crippen LogP contribution in [0, 0.1) is 6.92 Å². The number of nitrogens with one attached hydrogen (secondary N) is 2. The molecule has 0 radical (unpaired) electrons. The van der Waals surface area contributed by atoms with Crippen LogP contribution in [-0.2, 0) is 0 Å². The maximum atomic E-state index is 12.3. The van der Waals surface area contributed by atoms with Gasteiger partial charge in [-0.15, -0.1) is 0 Å². The second-order valence-corrected chi connectivity index (χ2v) is 7.25. The molecule has 0 aliphatic rings. The summed E-state index contributed by atoms with van der Waals surface area (Å²) in [4.78, 5) is 17.0. The highest BCUT2D eigenvalue weighted by molar-refractivity contribution is 9.10. The standard InChI is InChI=1S/C22H18BrN3O3/c1-13-11-21(24-14-3-6-16(28-2)7-4-14)26-18-8-5-15(12-17(13)18)25-22(27)19-9-10-20(23)29-19/h3-12H,1-2H3,(H,24,26)(H,25,27). The summed E-state index contributed by atoms with van der Waals surface area (Å²) < 4.78 is 11.0. The maximum absolute atomic E-state index is 12.3. The number of benzene rings is 2. The number of fused-ring (bicyclic) bond motifs is 1. The summed E-state index contributed by atoms with van der Waals surface area (Å²) in [5.74, 6) is 1.48. The minimum Gasteiger partial charge on any atom is -0.497 e. The van der Waals surface area contributed by atoms with Crippen molar-refractivity contribution in [3.8, 4) is 5.75 Å². The molecule has 2 aromatic heterocycles. The van der Waals surface area contributed by atoms with Gasteiger partial charge in [-0.2, -0.15) is 0 Å². The van der Waals surface area contributed by atoms with Crippen LogP contribution in [0.1, 0.15) is 16.1 Å². The van der Waals surface area contributed by atoms with Crippen LogP contribution in [0.5, 0.6) is 5.75 Å². The number of carbonyl (C=O) groups excluding carboxylic acids is 1. The minimum absolute atomic E-state index is 0.242. The number of methoxy groups -OCH3 is 1. The molecule has 0 saturated heterocycles. The molecule has 0 aliphatic carbocycles. The zero-order chi connectivity index (χ0) is 20.4. The van der Waals surface area contributed by atoms with Crippen molar-refractivity contribution in [3.63, 3.8) is 0 Å². The van der Waals surface area contributed by atoms with Crippen molar-refractivity contribution in [3.05, 3.63) is 76.7 Å². The third-order valence-electron chi connectivity index (χ3n) is 4.43. The van der Waals surface area contributed by atoms with Gasteiger partial charge in [0.1, 0.15) is 11.6 Å². The Balaban J connectivity index is 1.56. The molecule has 29 heavy (non-hydrogen) atoms. The molecule has 146 valence electrons. The lowest BCUT2D eigenvalue weighted by atomic mass is 10.1. The second-order valence-electron chi connectivity index (χ2n) is 6.47. The summed E-state index contributed by atoms with van der Waals surface area (Å²) in [5.41, 5.74) is 3.48. The number of hydrogen-bond acceptors (Lipinski definition) is 5. The van der Waals surface area contributed by atoms with Gasteiger partial charge in [-0.3, -0.25) is 4.79 Å². The highest BCUT2D eigenvalue weighted by atomic mass is 79.9. The molecule has 0 atom stereocenters. The van der Waals surface area contributed by atoms with Crippen molar-refractivity contribution < 1.29 is 13.9 Å². The highest BCUT2D eigenvalue weighted by Crippen LogP contribution is 2.26. The maximum Gasteiger partial charge on any atom is 0.291 e. The van der Waals surface area contributed by atoms with Crippen molar-refractivity contribution >= 4 is 49.9 Å². The molecule has 7 heteroatoms. The van der Waals surface area contributed by atoms with Gasteiger partial charge in [-0.05, 0) is 89.1 Å². The zero-order valence-electron chi connectivity index (χ0n) is 15.8. The lowest BCUT2D eigenvalue weighted by Crippen LogP contribution is -2.10. The van der Waals surface area contributed by atoms with E-state index in [2.05, 4.69) is 31.5 Å². The third-order valence-corrected chi connectivity index (χ3v) is 4.86. The van der Waals surface area contributed by atoms with Crippen LogP contribution in [-0.4, -0.2) is 18.0 Å². The summed E-state index contributed by atoms with van der Waals surface area (Å²) in [6.07, 6.45) is 0. The van der Waals surface area contributed by atoms with Gasteiger partial charge >= 0.3 is 0 Å². The normalized spacial score (nSPS) is 10.7. The summed E-state index contributed by atoms with van der Waals surface area (Å²) >= 11 is 3.20. The largest absolute Gasteiger partial charge is 0.497 e. The van der Waals surface area contributed by atoms with E-state index in [4.69, 9.17) is 9.15 Å². The average molecular weight is 452 g/mol. The molecule has 2 aromatic carbocycles. The number of furan rings is 1. The molecular formula is C22H18BrN3O3. The molecule has 0 saturated carbocycles. The molecule has 4 aromatic rings. The van der Waals surface area contributed by atoms with Gasteiger partial charge in [0.05, 0.1) is 12.6 Å². The number of anilines is 3. The minimum atomic E-state index is -0.307. The van der Waals surface area contributed by atoms with Gasteiger partial charge in [-0.1, -0.05) is 0 Å². The first kappa shape index (κ1) is 19.0. The molecular weight excluding hydrogens is 434 g/mol. The Kier molecular flexibility index (Phi) is 5.22. The van der Waals surface area contributed by atoms with Gasteiger partial charge in [0.25, 0.3) is 5.91 Å². The van der Waals surface area contributed by atoms with Gasteiger partial charge < -0.3 is 19.8 Å². The van der Waals surface area contributed by atoms with Crippen molar-refractivity contribution in [2.24, 2.45) is 0 Å². The van der Waals surface area contributed by atoms with Crippen LogP contribution in [0.4, 0.5) is 17.2 Å². The number of aromatic nitrogens is 1. The molecule has 4 rings (SSSR count). The van der Waals surface area contributed by atoms with Gasteiger partial charge in [0.15, 0.2) is 10.4 Å². The number of halogens is 1. The Morgan fingerprint density at radius 1 is 1.03 bits per heavy atom. The smallest absolute Gasteiger partial charge is 0.291 e. The molecule has 0 aliphatic heterocycles. The summed E-state index contributed by atoms with van der Waals surface area (Å²) in [7, 11) is 1.64. The van der Waals surface area contributed by atoms with Gasteiger partial charge in [0.2, 0.25) is 0 Å². The highest BCUT2D eigenvalue weighted by Gasteiger charge is 2.12. The predicted molar refractivity (Wildman–Crippen MR) is 117 cm³/mol. The molecule has 6 nitrogen and oxygen atoms in total. The second kappa shape index (κ2) is 7.97. The monoisotopic (exact) mass is 451 g/mol. The molecule has 0 spiro atoms. The van der Waals surface area contributed by atoms with Gasteiger partial charge in [0, 0.05) is 16.8 Å². The topological polar surface area (TPSA) is 76.4 Å². The molecule has 0 unspecified atom stereocenters. The number of nitrogens with zero attached hydrogens (tertiary/aromatic N) is 1. The fraction of sp³-hybridized carbons (Fsp3) is 0.0909. The van der Waals surface area contributed by atoms with Crippen LogP contribution in [0.25, 0.3) is 10.9 Å². The van der Waals surface area contributed by atoms with Crippen molar-refractivity contribution in [1.29, 1.82) is 0 Å². The van der Waals surface area contributed by atoms with Crippen molar-refractivity contribution in [1.82, 2.24) is 4.98 Å². The fourth-order valence-corrected chi connectivity index (χ4v) is 3.29. The third kappa shape index (κ3) is 4.25. The van der Waals surface area contributed by atoms with E-state index in [-0.39, 0.29) is 11.7 Å². The molecule has 2 N–H and O–H groups in total. The van der Waals surface area contributed by atoms with E-state index in [1.165, 1.54) is 0 Å². The first-order valence-corrected chi connectivity index (χ1v) is 9.70. The van der Waals surface area contributed by atoms with E-state index in [0.29, 0.717) is 10.4 Å². The fourth-order valence-electron chi connectivity index (χ4n) is 2.99. The van der Waals surface area contributed by atoms with E-state index < -0.39 is 0 Å². The SMILES string of the molecule is COc1ccc(Nc2cc(C)c3cc(NC(=O)c4ccc(Br)o4)ccc3n2)cc1. The summed E-state index contributed by atoms with van der Waals surface area (Å²) in [6, 6.07) is 18.5. The van der Waals surface area contributed by atoms with E-state index in [1.807, 2.05) is 55.5 Å². The first-order valence-electron chi connectivity index (χ1n) is 8.91. The molecule has 2 heterocycles. The number of rotatable bonds is 5. The van der Waals surface area contributed by atoms with E-state index >= 15 is 0 Å². The number of carbonyl (C=O) groups is 1.